The molecule has 0 aliphatic rings. The van der Waals surface area contributed by atoms with Gasteiger partial charge in [-0.25, -0.2) is 4.98 Å². The van der Waals surface area contributed by atoms with Gasteiger partial charge in [0.15, 0.2) is 0 Å². The van der Waals surface area contributed by atoms with E-state index in [9.17, 15) is 24.2 Å². The molecule has 5 nitrogen and oxygen atoms in total. The minimum absolute atomic E-state index is 0.0185. The van der Waals surface area contributed by atoms with Crippen molar-refractivity contribution in [1.82, 2.24) is 9.55 Å². The molecule has 0 saturated heterocycles. The highest BCUT2D eigenvalue weighted by molar-refractivity contribution is 8.45. The fourth-order valence-electron chi connectivity index (χ4n) is 2.67. The van der Waals surface area contributed by atoms with E-state index in [1.807, 2.05) is 0 Å². The third-order valence-electron chi connectivity index (χ3n) is 4.11. The van der Waals surface area contributed by atoms with Crippen molar-refractivity contribution in [2.75, 3.05) is 6.61 Å². The van der Waals surface area contributed by atoms with Crippen molar-refractivity contribution >= 4 is 10.2 Å². The fourth-order valence-corrected chi connectivity index (χ4v) is 3.33. The summed E-state index contributed by atoms with van der Waals surface area (Å²) in [5, 5.41) is 8.95. The molecule has 2 heterocycles. The quantitative estimate of drug-likeness (QED) is 0.468. The molecule has 30 heavy (non-hydrogen) atoms. The lowest BCUT2D eigenvalue weighted by molar-refractivity contribution is 0.279. The molecule has 1 aromatic carbocycles. The molecule has 0 spiro atoms. The number of aliphatic hydroxyl groups is 1. The number of ether oxygens (including phenoxy) is 1. The van der Waals surface area contributed by atoms with Gasteiger partial charge in [-0.05, 0) is 48.9 Å². The first-order valence-corrected chi connectivity index (χ1v) is 10.6. The van der Waals surface area contributed by atoms with Crippen LogP contribution in [0.25, 0.3) is 11.1 Å². The molecule has 0 bridgehead atoms. The van der Waals surface area contributed by atoms with Crippen molar-refractivity contribution in [3.05, 3.63) is 71.3 Å². The topological polar surface area (TPSA) is 64.3 Å². The molecule has 3 rings (SSSR count). The smallest absolute Gasteiger partial charge is 0.310 e. The molecule has 1 N–H and O–H groups in total. The van der Waals surface area contributed by atoms with Gasteiger partial charge in [-0.1, -0.05) is 19.4 Å². The average molecular weight is 448 g/mol. The molecule has 0 saturated carbocycles. The molecular formula is C19H17F5N2O3S. The molecule has 162 valence electrons. The Bertz CT molecular complexity index is 1120. The lowest BCUT2D eigenvalue weighted by Gasteiger charge is -2.40. The zero-order chi connectivity index (χ0) is 22.1. The van der Waals surface area contributed by atoms with Gasteiger partial charge in [0.05, 0.1) is 0 Å². The number of aryl methyl sites for hydroxylation is 1. The standard InChI is InChI=1S/C19H17F5N2O3S/c20-30(21,22,23,24)16-7-5-15(6-8-16)29-19-17(3-1-10-25-19)14-4-9-18(28)26(13-14)11-2-12-27/h1,3-10,13,27H,2,11-12H2. The summed E-state index contributed by atoms with van der Waals surface area (Å²) in [5.74, 6) is -0.0981. The Labute approximate surface area is 168 Å². The number of nitrogens with zero attached hydrogens (tertiary/aromatic N) is 2. The van der Waals surface area contributed by atoms with Crippen LogP contribution in [0, 0.1) is 0 Å². The Morgan fingerprint density at radius 2 is 1.70 bits per heavy atom. The molecule has 0 aliphatic carbocycles. The largest absolute Gasteiger partial charge is 0.438 e. The molecule has 0 atom stereocenters. The minimum atomic E-state index is -9.77. The van der Waals surface area contributed by atoms with Crippen LogP contribution in [-0.2, 0) is 6.54 Å². The summed E-state index contributed by atoms with van der Waals surface area (Å²) in [6, 6.07) is 8.17. The van der Waals surface area contributed by atoms with Crippen LogP contribution in [-0.4, -0.2) is 21.3 Å². The summed E-state index contributed by atoms with van der Waals surface area (Å²) in [4.78, 5) is 14.0. The van der Waals surface area contributed by atoms with Gasteiger partial charge in [0.2, 0.25) is 5.88 Å². The SMILES string of the molecule is O=c1ccc(-c2cccnc2Oc2ccc(S(F)(F)(F)(F)F)cc2)cn1CCCO. The Morgan fingerprint density at radius 1 is 1.00 bits per heavy atom. The highest BCUT2D eigenvalue weighted by atomic mass is 32.5. The summed E-state index contributed by atoms with van der Waals surface area (Å²) in [5.41, 5.74) is 0.705. The molecule has 0 radical (unpaired) electrons. The van der Waals surface area contributed by atoms with E-state index in [0.29, 0.717) is 17.5 Å². The van der Waals surface area contributed by atoms with Crippen LogP contribution in [0.1, 0.15) is 6.42 Å². The maximum absolute atomic E-state index is 12.9. The van der Waals surface area contributed by atoms with Crippen molar-refractivity contribution < 1.29 is 29.3 Å². The zero-order valence-corrected chi connectivity index (χ0v) is 16.2. The van der Waals surface area contributed by atoms with Crippen molar-refractivity contribution in [2.24, 2.45) is 0 Å². The number of aliphatic hydroxyl groups excluding tert-OH is 1. The highest BCUT2D eigenvalue weighted by Gasteiger charge is 2.65. The average Bonchev–Trinajstić information content (AvgIpc) is 2.66. The van der Waals surface area contributed by atoms with E-state index in [2.05, 4.69) is 4.98 Å². The number of halogens is 5. The van der Waals surface area contributed by atoms with Crippen LogP contribution >= 0.6 is 10.2 Å². The van der Waals surface area contributed by atoms with Crippen molar-refractivity contribution in [3.8, 4) is 22.8 Å². The van der Waals surface area contributed by atoms with Crippen LogP contribution in [0.5, 0.6) is 11.6 Å². The van der Waals surface area contributed by atoms with E-state index < -0.39 is 15.1 Å². The number of aromatic nitrogens is 2. The highest BCUT2D eigenvalue weighted by Crippen LogP contribution is 3.02. The van der Waals surface area contributed by atoms with Crippen molar-refractivity contribution in [1.29, 1.82) is 0 Å². The third-order valence-corrected chi connectivity index (χ3v) is 5.27. The number of rotatable bonds is 7. The normalized spacial score (nSPS) is 14.1. The maximum atomic E-state index is 12.9. The van der Waals surface area contributed by atoms with Gasteiger partial charge in [-0.3, -0.25) is 4.79 Å². The van der Waals surface area contributed by atoms with Gasteiger partial charge < -0.3 is 14.4 Å². The van der Waals surface area contributed by atoms with Crippen LogP contribution in [0.3, 0.4) is 0 Å². The molecule has 11 heteroatoms. The van der Waals surface area contributed by atoms with E-state index in [1.54, 1.807) is 18.3 Å². The van der Waals surface area contributed by atoms with E-state index in [1.165, 1.54) is 22.9 Å². The van der Waals surface area contributed by atoms with Crippen LogP contribution in [0.4, 0.5) is 19.4 Å². The summed E-state index contributed by atoms with van der Waals surface area (Å²) in [6.07, 6.45) is 3.31. The molecule has 3 aromatic rings. The second kappa shape index (κ2) is 7.10. The molecule has 0 aliphatic heterocycles. The first kappa shape index (κ1) is 21.8. The predicted octanol–water partition coefficient (Wildman–Crippen LogP) is 5.74. The van der Waals surface area contributed by atoms with E-state index in [4.69, 9.17) is 9.84 Å². The molecule has 0 unspecified atom stereocenters. The van der Waals surface area contributed by atoms with E-state index >= 15 is 0 Å². The molecule has 0 fully saturated rings. The van der Waals surface area contributed by atoms with Crippen LogP contribution in [0.15, 0.2) is 70.6 Å². The van der Waals surface area contributed by atoms with Crippen molar-refractivity contribution in [2.45, 2.75) is 17.9 Å². The first-order chi connectivity index (χ1) is 13.9. The number of hydrogen-bond donors (Lipinski definition) is 1. The number of hydrogen-bond acceptors (Lipinski definition) is 4. The van der Waals surface area contributed by atoms with Crippen molar-refractivity contribution in [3.63, 3.8) is 0 Å². The van der Waals surface area contributed by atoms with Crippen LogP contribution in [0.2, 0.25) is 0 Å². The predicted molar refractivity (Wildman–Crippen MR) is 104 cm³/mol. The minimum Gasteiger partial charge on any atom is -0.438 e. The number of benzene rings is 1. The summed E-state index contributed by atoms with van der Waals surface area (Å²) >= 11 is 0. The number of pyridine rings is 2. The Morgan fingerprint density at radius 3 is 2.33 bits per heavy atom. The van der Waals surface area contributed by atoms with Gasteiger partial charge in [0, 0.05) is 42.7 Å². The zero-order valence-electron chi connectivity index (χ0n) is 15.4. The second-order valence-corrected chi connectivity index (χ2v) is 8.83. The lowest BCUT2D eigenvalue weighted by Crippen LogP contribution is -2.19. The third kappa shape index (κ3) is 5.16. The fraction of sp³-hybridized carbons (Fsp3) is 0.158. The molecular weight excluding hydrogens is 431 g/mol. The van der Waals surface area contributed by atoms with Gasteiger partial charge in [-0.2, -0.15) is 0 Å². The van der Waals surface area contributed by atoms with E-state index in [0.717, 1.165) is 12.1 Å². The van der Waals surface area contributed by atoms with E-state index in [-0.39, 0.29) is 42.5 Å². The van der Waals surface area contributed by atoms with Gasteiger partial charge in [0.25, 0.3) is 5.56 Å². The van der Waals surface area contributed by atoms with Gasteiger partial charge in [0.1, 0.15) is 10.6 Å². The molecule has 2 aromatic heterocycles. The van der Waals surface area contributed by atoms with Crippen LogP contribution < -0.4 is 10.3 Å². The first-order valence-electron chi connectivity index (χ1n) is 8.66. The van der Waals surface area contributed by atoms with Gasteiger partial charge in [-0.15, -0.1) is 0 Å². The molecule has 0 amide bonds. The lowest BCUT2D eigenvalue weighted by atomic mass is 10.1. The second-order valence-electron chi connectivity index (χ2n) is 6.43. The summed E-state index contributed by atoms with van der Waals surface area (Å²) < 4.78 is 71.2. The van der Waals surface area contributed by atoms with Gasteiger partial charge >= 0.3 is 10.2 Å². The summed E-state index contributed by atoms with van der Waals surface area (Å²) in [6.45, 7) is 0.197. The Kier molecular flexibility index (Phi) is 5.15. The maximum Gasteiger partial charge on any atom is 0.310 e. The Hall–Kier alpha value is -2.92. The Balaban J connectivity index is 1.93. The summed E-state index contributed by atoms with van der Waals surface area (Å²) in [7, 11) is -9.77. The monoisotopic (exact) mass is 448 g/mol.